The van der Waals surface area contributed by atoms with E-state index in [2.05, 4.69) is 30.6 Å². The van der Waals surface area contributed by atoms with Crippen molar-refractivity contribution in [1.82, 2.24) is 25.3 Å². The zero-order chi connectivity index (χ0) is 20.4. The Morgan fingerprint density at radius 1 is 1.38 bits per heavy atom. The number of nitrogens with one attached hydrogen (secondary N) is 2. The maximum Gasteiger partial charge on any atom is 0.271 e. The normalized spacial score (nSPS) is 17.4. The Labute approximate surface area is 171 Å². The monoisotopic (exact) mass is 416 g/mol. The minimum atomic E-state index is -0.418. The third-order valence-electron chi connectivity index (χ3n) is 4.72. The number of ether oxygens (including phenoxy) is 1. The number of anilines is 1. The molecular weight excluding hydrogens is 395 g/mol. The summed E-state index contributed by atoms with van der Waals surface area (Å²) in [6.07, 6.45) is 3.66. The number of carbonyl (C=O) groups excluding carboxylic acids is 1. The van der Waals surface area contributed by atoms with E-state index in [4.69, 9.17) is 4.74 Å². The number of carbonyl (C=O) groups is 1. The first kappa shape index (κ1) is 19.6. The molecule has 152 valence electrons. The molecule has 0 spiro atoms. The van der Waals surface area contributed by atoms with Crippen LogP contribution in [0.25, 0.3) is 10.3 Å². The summed E-state index contributed by atoms with van der Waals surface area (Å²) in [5.41, 5.74) is 1.39. The van der Waals surface area contributed by atoms with Crippen LogP contribution >= 0.6 is 11.3 Å². The third-order valence-corrected chi connectivity index (χ3v) is 5.69. The molecule has 1 saturated heterocycles. The number of thiazole rings is 1. The largest absolute Gasteiger partial charge is 0.381 e. The number of hydrogen-bond acceptors (Lipinski definition) is 8. The molecule has 4 heterocycles. The van der Waals surface area contributed by atoms with Crippen LogP contribution in [0.5, 0.6) is 0 Å². The Morgan fingerprint density at radius 3 is 3.00 bits per heavy atom. The summed E-state index contributed by atoms with van der Waals surface area (Å²) in [6.45, 7) is 5.63. The van der Waals surface area contributed by atoms with E-state index >= 15 is 0 Å². The molecule has 0 aliphatic carbocycles. The molecule has 1 aliphatic heterocycles. The van der Waals surface area contributed by atoms with Crippen molar-refractivity contribution in [2.75, 3.05) is 25.1 Å². The second kappa shape index (κ2) is 8.34. The summed E-state index contributed by atoms with van der Waals surface area (Å²) in [5, 5.41) is 6.86. The lowest BCUT2D eigenvalue weighted by atomic mass is 10.1. The van der Waals surface area contributed by atoms with Gasteiger partial charge in [-0.25, -0.2) is 14.4 Å². The molecule has 10 heteroatoms. The van der Waals surface area contributed by atoms with Crippen molar-refractivity contribution in [2.45, 2.75) is 26.3 Å². The summed E-state index contributed by atoms with van der Waals surface area (Å²) in [5.74, 6) is -0.110. The van der Waals surface area contributed by atoms with E-state index in [-0.39, 0.29) is 23.6 Å². The molecule has 0 aromatic carbocycles. The van der Waals surface area contributed by atoms with Crippen molar-refractivity contribution in [3.63, 3.8) is 0 Å². The van der Waals surface area contributed by atoms with Crippen molar-refractivity contribution < 1.29 is 13.9 Å². The van der Waals surface area contributed by atoms with Gasteiger partial charge in [0.15, 0.2) is 11.3 Å². The van der Waals surface area contributed by atoms with Gasteiger partial charge in [0.2, 0.25) is 5.95 Å². The van der Waals surface area contributed by atoms with E-state index in [1.54, 1.807) is 6.20 Å². The molecule has 3 aromatic rings. The topological polar surface area (TPSA) is 102 Å². The Balaban J connectivity index is 1.58. The van der Waals surface area contributed by atoms with Crippen LogP contribution in [0.3, 0.4) is 0 Å². The Hall–Kier alpha value is -2.72. The van der Waals surface area contributed by atoms with Crippen LogP contribution in [-0.4, -0.2) is 45.6 Å². The molecule has 1 unspecified atom stereocenters. The Kier molecular flexibility index (Phi) is 5.63. The van der Waals surface area contributed by atoms with Gasteiger partial charge >= 0.3 is 0 Å². The molecule has 1 fully saturated rings. The molecule has 8 nitrogen and oxygen atoms in total. The molecule has 2 atom stereocenters. The maximum atomic E-state index is 13.5. The highest BCUT2D eigenvalue weighted by Gasteiger charge is 2.22. The molecule has 0 radical (unpaired) electrons. The molecule has 0 saturated carbocycles. The highest BCUT2D eigenvalue weighted by atomic mass is 32.1. The van der Waals surface area contributed by atoms with Crippen molar-refractivity contribution in [2.24, 2.45) is 5.92 Å². The van der Waals surface area contributed by atoms with Gasteiger partial charge in [0.25, 0.3) is 5.91 Å². The van der Waals surface area contributed by atoms with E-state index in [1.165, 1.54) is 17.4 Å². The number of aromatic nitrogens is 4. The Morgan fingerprint density at radius 2 is 2.24 bits per heavy atom. The summed E-state index contributed by atoms with van der Waals surface area (Å²) >= 11 is 1.38. The maximum absolute atomic E-state index is 13.5. The van der Waals surface area contributed by atoms with E-state index in [9.17, 15) is 9.18 Å². The zero-order valence-corrected chi connectivity index (χ0v) is 16.9. The minimum absolute atomic E-state index is 0.258. The SMILES string of the molecule is Cc1nc2nc(N[C@@H](C)c3cncc(F)c3)nc(C(=O)NCC3CCOC3)c2s1. The van der Waals surface area contributed by atoms with Crippen LogP contribution in [-0.2, 0) is 4.74 Å². The smallest absolute Gasteiger partial charge is 0.271 e. The van der Waals surface area contributed by atoms with E-state index in [1.807, 2.05) is 13.8 Å². The van der Waals surface area contributed by atoms with Gasteiger partial charge in [0, 0.05) is 25.3 Å². The third kappa shape index (κ3) is 4.48. The molecule has 29 heavy (non-hydrogen) atoms. The summed E-state index contributed by atoms with van der Waals surface area (Å²) in [4.78, 5) is 30.0. The highest BCUT2D eigenvalue weighted by Crippen LogP contribution is 2.26. The number of halogens is 1. The average molecular weight is 416 g/mol. The number of fused-ring (bicyclic) bond motifs is 1. The molecule has 1 amide bonds. The lowest BCUT2D eigenvalue weighted by molar-refractivity contribution is 0.0942. The second-order valence-electron chi connectivity index (χ2n) is 7.02. The van der Waals surface area contributed by atoms with Crippen LogP contribution < -0.4 is 10.6 Å². The van der Waals surface area contributed by atoms with E-state index < -0.39 is 5.82 Å². The van der Waals surface area contributed by atoms with E-state index in [0.29, 0.717) is 35.0 Å². The summed E-state index contributed by atoms with van der Waals surface area (Å²) < 4.78 is 19.5. The number of pyridine rings is 1. The van der Waals surface area contributed by atoms with Gasteiger partial charge < -0.3 is 15.4 Å². The van der Waals surface area contributed by atoms with Gasteiger partial charge in [-0.15, -0.1) is 11.3 Å². The lowest BCUT2D eigenvalue weighted by Crippen LogP contribution is -2.30. The van der Waals surface area contributed by atoms with Gasteiger partial charge in [-0.2, -0.15) is 4.98 Å². The molecule has 3 aromatic heterocycles. The number of hydrogen-bond donors (Lipinski definition) is 2. The van der Waals surface area contributed by atoms with Crippen molar-refractivity contribution >= 4 is 33.5 Å². The second-order valence-corrected chi connectivity index (χ2v) is 8.23. The predicted molar refractivity (Wildman–Crippen MR) is 107 cm³/mol. The van der Waals surface area contributed by atoms with Crippen LogP contribution in [0, 0.1) is 18.7 Å². The van der Waals surface area contributed by atoms with Crippen molar-refractivity contribution in [1.29, 1.82) is 0 Å². The van der Waals surface area contributed by atoms with Crippen LogP contribution in [0.1, 0.15) is 40.4 Å². The lowest BCUT2D eigenvalue weighted by Gasteiger charge is -2.15. The number of nitrogens with zero attached hydrogens (tertiary/aromatic N) is 4. The number of amides is 1. The fourth-order valence-corrected chi connectivity index (χ4v) is 4.00. The first-order valence-electron chi connectivity index (χ1n) is 9.37. The first-order valence-corrected chi connectivity index (χ1v) is 10.2. The average Bonchev–Trinajstić information content (AvgIpc) is 3.34. The summed E-state index contributed by atoms with van der Waals surface area (Å²) in [6, 6.07) is 1.09. The van der Waals surface area contributed by atoms with Gasteiger partial charge in [-0.05, 0) is 31.9 Å². The fourth-order valence-electron chi connectivity index (χ4n) is 3.15. The first-order chi connectivity index (χ1) is 14.0. The molecule has 1 aliphatic rings. The van der Waals surface area contributed by atoms with Crippen LogP contribution in [0.15, 0.2) is 18.5 Å². The predicted octanol–water partition coefficient (Wildman–Crippen LogP) is 2.87. The van der Waals surface area contributed by atoms with Gasteiger partial charge in [0.05, 0.1) is 23.9 Å². The Bertz CT molecular complexity index is 1040. The highest BCUT2D eigenvalue weighted by molar-refractivity contribution is 7.18. The molecule has 4 rings (SSSR count). The van der Waals surface area contributed by atoms with Crippen molar-refractivity contribution in [3.8, 4) is 0 Å². The molecule has 2 N–H and O–H groups in total. The molecular formula is C19H21FN6O2S. The van der Waals surface area contributed by atoms with Gasteiger partial charge in [0.1, 0.15) is 10.5 Å². The fraction of sp³-hybridized carbons (Fsp3) is 0.421. The minimum Gasteiger partial charge on any atom is -0.381 e. The summed E-state index contributed by atoms with van der Waals surface area (Å²) in [7, 11) is 0. The van der Waals surface area contributed by atoms with Crippen LogP contribution in [0.4, 0.5) is 10.3 Å². The molecule has 0 bridgehead atoms. The van der Waals surface area contributed by atoms with Gasteiger partial charge in [-0.1, -0.05) is 0 Å². The standard InChI is InChI=1S/C19H21FN6O2S/c1-10(13-5-14(20)8-21-7-13)23-19-25-15(16-17(26-19)24-11(2)29-16)18(27)22-6-12-3-4-28-9-12/h5,7-8,10,12H,3-4,6,9H2,1-2H3,(H,22,27)(H,23,25,26)/t10-,12?/m0/s1. The zero-order valence-electron chi connectivity index (χ0n) is 16.1. The number of aryl methyl sites for hydroxylation is 1. The van der Waals surface area contributed by atoms with Crippen LogP contribution in [0.2, 0.25) is 0 Å². The van der Waals surface area contributed by atoms with E-state index in [0.717, 1.165) is 24.2 Å². The quantitative estimate of drug-likeness (QED) is 0.637. The number of rotatable bonds is 6. The van der Waals surface area contributed by atoms with Gasteiger partial charge in [-0.3, -0.25) is 9.78 Å². The van der Waals surface area contributed by atoms with Crippen molar-refractivity contribution in [3.05, 3.63) is 40.5 Å².